The van der Waals surface area contributed by atoms with E-state index in [0.717, 1.165) is 0 Å². The molecule has 0 saturated heterocycles. The second-order valence-corrected chi connectivity index (χ2v) is 7.10. The number of rotatable bonds is 4. The summed E-state index contributed by atoms with van der Waals surface area (Å²) in [5, 5.41) is 23.8. The number of nitrogen functional groups attached to an aromatic ring is 2. The van der Waals surface area contributed by atoms with Crippen LogP contribution in [0.15, 0.2) is 21.6 Å². The first-order valence-electron chi connectivity index (χ1n) is 8.94. The van der Waals surface area contributed by atoms with Crippen LogP contribution in [0.25, 0.3) is 0 Å². The van der Waals surface area contributed by atoms with E-state index < -0.39 is 12.0 Å². The van der Waals surface area contributed by atoms with Crippen LogP contribution in [-0.2, 0) is 4.79 Å². The van der Waals surface area contributed by atoms with E-state index >= 15 is 0 Å². The molecule has 0 amide bonds. The molecule has 0 bridgehead atoms. The predicted octanol–water partition coefficient (Wildman–Crippen LogP) is 2.15. The molecule has 1 aromatic carbocycles. The third kappa shape index (κ3) is 4.15. The van der Waals surface area contributed by atoms with Gasteiger partial charge < -0.3 is 26.3 Å². The normalized spacial score (nSPS) is 14.2. The fourth-order valence-electron chi connectivity index (χ4n) is 3.07. The number of carbonyl (C=O) groups excluding carboxylic acids is 1. The number of nitrogens with zero attached hydrogens (tertiary/aromatic N) is 4. The maximum absolute atomic E-state index is 11.5. The number of guanidine groups is 1. The highest BCUT2D eigenvalue weighted by Crippen LogP contribution is 2.45. The van der Waals surface area contributed by atoms with Gasteiger partial charge in [0.05, 0.1) is 12.3 Å². The molecule has 1 aromatic heterocycles. The molecule has 0 spiro atoms. The van der Waals surface area contributed by atoms with Gasteiger partial charge in [-0.2, -0.15) is 10.5 Å². The Bertz CT molecular complexity index is 1180. The van der Waals surface area contributed by atoms with Crippen LogP contribution in [0.3, 0.4) is 0 Å². The molecule has 31 heavy (non-hydrogen) atoms. The molecule has 0 aliphatic carbocycles. The van der Waals surface area contributed by atoms with Gasteiger partial charge in [-0.25, -0.2) is 9.98 Å². The number of benzene rings is 1. The Morgan fingerprint density at radius 3 is 2.71 bits per heavy atom. The van der Waals surface area contributed by atoms with Gasteiger partial charge in [0.25, 0.3) is 0 Å². The summed E-state index contributed by atoms with van der Waals surface area (Å²) in [4.78, 5) is 20.2. The second kappa shape index (κ2) is 8.77. The van der Waals surface area contributed by atoms with Crippen LogP contribution in [0.1, 0.15) is 36.6 Å². The molecule has 1 aliphatic heterocycles. The minimum Gasteiger partial charge on any atom is -0.490 e. The highest BCUT2D eigenvalue weighted by Gasteiger charge is 2.31. The summed E-state index contributed by atoms with van der Waals surface area (Å²) in [7, 11) is 0. The predicted molar refractivity (Wildman–Crippen MR) is 116 cm³/mol. The highest BCUT2D eigenvalue weighted by atomic mass is 79.9. The molecule has 12 heteroatoms. The Balaban J connectivity index is 2.26. The van der Waals surface area contributed by atoms with E-state index in [4.69, 9.17) is 26.2 Å². The number of ether oxygens (including phenoxy) is 2. The molecule has 0 radical (unpaired) electrons. The number of fused-ring (bicyclic) bond motifs is 1. The van der Waals surface area contributed by atoms with E-state index in [9.17, 15) is 10.1 Å². The molecular formula is C19H17BrN8O3. The van der Waals surface area contributed by atoms with E-state index in [1.54, 1.807) is 25.2 Å². The summed E-state index contributed by atoms with van der Waals surface area (Å²) in [5.74, 6) is 0.338. The first kappa shape index (κ1) is 21.7. The van der Waals surface area contributed by atoms with Gasteiger partial charge in [0, 0.05) is 17.0 Å². The average Bonchev–Trinajstić information content (AvgIpc) is 2.69. The molecule has 2 heterocycles. The van der Waals surface area contributed by atoms with Gasteiger partial charge >= 0.3 is 5.97 Å². The summed E-state index contributed by atoms with van der Waals surface area (Å²) < 4.78 is 11.4. The lowest BCUT2D eigenvalue weighted by Gasteiger charge is -2.27. The summed E-state index contributed by atoms with van der Waals surface area (Å²) >= 11 is 3.47. The van der Waals surface area contributed by atoms with Crippen molar-refractivity contribution in [3.8, 4) is 23.8 Å². The van der Waals surface area contributed by atoms with E-state index in [2.05, 4.69) is 36.5 Å². The van der Waals surface area contributed by atoms with Crippen LogP contribution in [0, 0.1) is 22.8 Å². The molecule has 11 nitrogen and oxygen atoms in total. The van der Waals surface area contributed by atoms with Crippen molar-refractivity contribution in [3.05, 3.63) is 33.3 Å². The number of nitrogens with one attached hydrogen (secondary N) is 2. The van der Waals surface area contributed by atoms with Crippen molar-refractivity contribution in [2.24, 2.45) is 4.99 Å². The fourth-order valence-corrected chi connectivity index (χ4v) is 3.61. The molecule has 0 fully saturated rings. The molecule has 1 aliphatic rings. The lowest BCUT2D eigenvalue weighted by atomic mass is 9.95. The van der Waals surface area contributed by atoms with Crippen LogP contribution < -0.4 is 31.6 Å². The number of anilines is 3. The Kier molecular flexibility index (Phi) is 6.13. The highest BCUT2D eigenvalue weighted by molar-refractivity contribution is 9.10. The number of halogens is 1. The maximum Gasteiger partial charge on any atom is 0.308 e. The number of esters is 1. The largest absolute Gasteiger partial charge is 0.490 e. The summed E-state index contributed by atoms with van der Waals surface area (Å²) in [6.07, 6.45) is 1.79. The van der Waals surface area contributed by atoms with Crippen molar-refractivity contribution in [1.82, 2.24) is 10.3 Å². The molecule has 158 valence electrons. The lowest BCUT2D eigenvalue weighted by molar-refractivity contribution is -0.132. The molecule has 2 aromatic rings. The van der Waals surface area contributed by atoms with E-state index in [1.807, 2.05) is 6.07 Å². The van der Waals surface area contributed by atoms with E-state index in [0.29, 0.717) is 28.0 Å². The molecule has 3 rings (SSSR count). The zero-order valence-electron chi connectivity index (χ0n) is 16.5. The quantitative estimate of drug-likeness (QED) is 0.216. The van der Waals surface area contributed by atoms with Crippen molar-refractivity contribution < 1.29 is 14.3 Å². The maximum atomic E-state index is 11.5. The number of hydrogen-bond acceptors (Lipinski definition) is 11. The SMILES string of the molecule is CCOc1cc(C2N=C(NC#N)Nc3nc(N)c(C#N)c(N)c32)c(Br)cc1OC(C)=O. The van der Waals surface area contributed by atoms with Gasteiger partial charge in [-0.05, 0) is 24.6 Å². The topological polar surface area (TPSA) is 184 Å². The van der Waals surface area contributed by atoms with Gasteiger partial charge in [-0.3, -0.25) is 10.1 Å². The zero-order chi connectivity index (χ0) is 22.7. The van der Waals surface area contributed by atoms with Crippen LogP contribution in [0.4, 0.5) is 17.3 Å². The minimum atomic E-state index is -0.785. The van der Waals surface area contributed by atoms with Gasteiger partial charge in [0.1, 0.15) is 29.3 Å². The fraction of sp³-hybridized carbons (Fsp3) is 0.211. The van der Waals surface area contributed by atoms with E-state index in [1.165, 1.54) is 6.92 Å². The van der Waals surface area contributed by atoms with Crippen LogP contribution in [-0.4, -0.2) is 23.5 Å². The molecular weight excluding hydrogens is 468 g/mol. The second-order valence-electron chi connectivity index (χ2n) is 6.25. The van der Waals surface area contributed by atoms with Crippen LogP contribution in [0.2, 0.25) is 0 Å². The van der Waals surface area contributed by atoms with Crippen molar-refractivity contribution in [1.29, 1.82) is 10.5 Å². The number of hydrogen-bond donors (Lipinski definition) is 4. The number of aromatic nitrogens is 1. The number of carbonyl (C=O) groups is 1. The van der Waals surface area contributed by atoms with Crippen molar-refractivity contribution >= 4 is 45.2 Å². The van der Waals surface area contributed by atoms with Gasteiger partial charge in [-0.15, -0.1) is 0 Å². The van der Waals surface area contributed by atoms with E-state index in [-0.39, 0.29) is 34.6 Å². The molecule has 6 N–H and O–H groups in total. The van der Waals surface area contributed by atoms with Crippen LogP contribution >= 0.6 is 15.9 Å². The number of aliphatic imine (C=N–C) groups is 1. The third-order valence-corrected chi connectivity index (χ3v) is 4.96. The van der Waals surface area contributed by atoms with Gasteiger partial charge in [0.15, 0.2) is 17.7 Å². The lowest BCUT2D eigenvalue weighted by Crippen LogP contribution is -2.32. The smallest absolute Gasteiger partial charge is 0.308 e. The number of pyridine rings is 1. The summed E-state index contributed by atoms with van der Waals surface area (Å²) in [6.45, 7) is 3.39. The monoisotopic (exact) mass is 484 g/mol. The first-order valence-corrected chi connectivity index (χ1v) is 9.73. The third-order valence-electron chi connectivity index (χ3n) is 4.27. The molecule has 1 unspecified atom stereocenters. The molecule has 0 saturated carbocycles. The van der Waals surface area contributed by atoms with Crippen LogP contribution in [0.5, 0.6) is 11.5 Å². The Morgan fingerprint density at radius 1 is 1.35 bits per heavy atom. The first-order chi connectivity index (χ1) is 14.8. The zero-order valence-corrected chi connectivity index (χ0v) is 18.1. The standard InChI is InChI=1S/C19H17BrN8O3/c1-3-30-12-4-9(11(20)5-13(12)31-8(2)29)16-14-15(23)10(6-21)17(24)27-18(14)28-19(26-16)25-7-22/h4-5,16H,3H2,1-2H3,(H6,23,24,25,26,27,28). The minimum absolute atomic E-state index is 0.0233. The number of nitrogens with two attached hydrogens (primary N) is 2. The summed E-state index contributed by atoms with van der Waals surface area (Å²) in [5.41, 5.74) is 13.2. The Hall–Kier alpha value is -4.03. The number of nitriles is 2. The Morgan fingerprint density at radius 2 is 2.10 bits per heavy atom. The van der Waals surface area contributed by atoms with Gasteiger partial charge in [-0.1, -0.05) is 15.9 Å². The van der Waals surface area contributed by atoms with Crippen molar-refractivity contribution in [2.75, 3.05) is 23.4 Å². The van der Waals surface area contributed by atoms with Crippen molar-refractivity contribution in [2.45, 2.75) is 19.9 Å². The summed E-state index contributed by atoms with van der Waals surface area (Å²) in [6, 6.07) is 4.38. The Labute approximate surface area is 185 Å². The average molecular weight is 485 g/mol. The van der Waals surface area contributed by atoms with Gasteiger partial charge in [0.2, 0.25) is 5.96 Å². The van der Waals surface area contributed by atoms with Crippen molar-refractivity contribution in [3.63, 3.8) is 0 Å². The molecule has 1 atom stereocenters.